The molecule has 0 unspecified atom stereocenters. The lowest BCUT2D eigenvalue weighted by Gasteiger charge is -2.19. The first-order valence-electron chi connectivity index (χ1n) is 6.24. The Hall–Kier alpha value is -1.83. The van der Waals surface area contributed by atoms with Gasteiger partial charge in [0.2, 0.25) is 0 Å². The van der Waals surface area contributed by atoms with Crippen molar-refractivity contribution < 1.29 is 0 Å². The second-order valence-corrected chi connectivity index (χ2v) is 5.70. The van der Waals surface area contributed by atoms with Crippen LogP contribution >= 0.6 is 0 Å². The fourth-order valence-corrected chi connectivity index (χ4v) is 1.93. The van der Waals surface area contributed by atoms with Crippen LogP contribution in [0.25, 0.3) is 0 Å². The Morgan fingerprint density at radius 2 is 1.72 bits per heavy atom. The number of nitrogens with zero attached hydrogens (tertiary/aromatic N) is 1. The molecule has 0 aliphatic heterocycles. The first-order chi connectivity index (χ1) is 8.47. The van der Waals surface area contributed by atoms with E-state index in [0.29, 0.717) is 0 Å². The van der Waals surface area contributed by atoms with Crippen LogP contribution < -0.4 is 5.73 Å². The Labute approximate surface area is 109 Å². The van der Waals surface area contributed by atoms with E-state index in [1.807, 2.05) is 12.3 Å². The molecular formula is C16H20N2. The highest BCUT2D eigenvalue weighted by Gasteiger charge is 2.12. The summed E-state index contributed by atoms with van der Waals surface area (Å²) in [6, 6.07) is 10.6. The molecule has 2 aromatic rings. The number of rotatable bonds is 2. The van der Waals surface area contributed by atoms with Crippen molar-refractivity contribution >= 4 is 5.69 Å². The average molecular weight is 240 g/mol. The smallest absolute Gasteiger partial charge is 0.0380 e. The molecule has 0 fully saturated rings. The largest absolute Gasteiger partial charge is 0.398 e. The number of benzene rings is 1. The summed E-state index contributed by atoms with van der Waals surface area (Å²) in [7, 11) is 0. The molecule has 0 amide bonds. The van der Waals surface area contributed by atoms with Crippen molar-refractivity contribution in [2.75, 3.05) is 5.73 Å². The maximum Gasteiger partial charge on any atom is 0.0380 e. The minimum absolute atomic E-state index is 0.200. The van der Waals surface area contributed by atoms with Gasteiger partial charge in [-0.2, -0.15) is 0 Å². The number of nitrogen functional groups attached to an aromatic ring is 1. The topological polar surface area (TPSA) is 38.9 Å². The molecule has 2 nitrogen and oxygen atoms in total. The molecule has 1 heterocycles. The first-order valence-corrected chi connectivity index (χ1v) is 6.24. The van der Waals surface area contributed by atoms with Gasteiger partial charge in [-0.25, -0.2) is 0 Å². The van der Waals surface area contributed by atoms with Crippen molar-refractivity contribution in [2.24, 2.45) is 0 Å². The van der Waals surface area contributed by atoms with Crippen LogP contribution in [0.4, 0.5) is 5.69 Å². The lowest BCUT2D eigenvalue weighted by molar-refractivity contribution is 0.590. The highest BCUT2D eigenvalue weighted by molar-refractivity contribution is 5.46. The zero-order valence-corrected chi connectivity index (χ0v) is 11.3. The van der Waals surface area contributed by atoms with Crippen LogP contribution in [0, 0.1) is 0 Å². The van der Waals surface area contributed by atoms with Crippen molar-refractivity contribution in [3.05, 3.63) is 59.4 Å². The lowest BCUT2D eigenvalue weighted by Crippen LogP contribution is -2.10. The molecule has 0 saturated heterocycles. The Morgan fingerprint density at radius 1 is 1.06 bits per heavy atom. The van der Waals surface area contributed by atoms with E-state index in [0.717, 1.165) is 17.7 Å². The van der Waals surface area contributed by atoms with Crippen molar-refractivity contribution in [1.29, 1.82) is 0 Å². The second-order valence-electron chi connectivity index (χ2n) is 5.70. The summed E-state index contributed by atoms with van der Waals surface area (Å²) in [6.07, 6.45) is 4.40. The van der Waals surface area contributed by atoms with Gasteiger partial charge in [-0.3, -0.25) is 4.98 Å². The molecule has 0 saturated carbocycles. The summed E-state index contributed by atoms with van der Waals surface area (Å²) >= 11 is 0. The molecular weight excluding hydrogens is 220 g/mol. The summed E-state index contributed by atoms with van der Waals surface area (Å²) in [6.45, 7) is 6.67. The normalized spacial score (nSPS) is 11.5. The summed E-state index contributed by atoms with van der Waals surface area (Å²) in [5.74, 6) is 0. The molecule has 0 radical (unpaired) electrons. The number of anilines is 1. The summed E-state index contributed by atoms with van der Waals surface area (Å²) in [5.41, 5.74) is 10.6. The van der Waals surface area contributed by atoms with Crippen molar-refractivity contribution in [2.45, 2.75) is 32.6 Å². The van der Waals surface area contributed by atoms with E-state index in [2.05, 4.69) is 50.0 Å². The minimum atomic E-state index is 0.200. The van der Waals surface area contributed by atoms with Crippen LogP contribution in [-0.2, 0) is 11.8 Å². The summed E-state index contributed by atoms with van der Waals surface area (Å²) in [4.78, 5) is 4.12. The monoisotopic (exact) mass is 240 g/mol. The van der Waals surface area contributed by atoms with E-state index >= 15 is 0 Å². The SMILES string of the molecule is CC(C)(C)c1ccc(Cc2cnccc2N)cc1. The third kappa shape index (κ3) is 2.89. The highest BCUT2D eigenvalue weighted by atomic mass is 14.7. The number of nitrogens with two attached hydrogens (primary N) is 1. The quantitative estimate of drug-likeness (QED) is 0.871. The molecule has 2 heteroatoms. The Morgan fingerprint density at radius 3 is 2.28 bits per heavy atom. The number of pyridine rings is 1. The van der Waals surface area contributed by atoms with Gasteiger partial charge in [0.15, 0.2) is 0 Å². The molecule has 2 rings (SSSR count). The van der Waals surface area contributed by atoms with Gasteiger partial charge in [-0.05, 0) is 28.2 Å². The van der Waals surface area contributed by atoms with Crippen LogP contribution in [-0.4, -0.2) is 4.98 Å². The molecule has 0 atom stereocenters. The van der Waals surface area contributed by atoms with E-state index in [-0.39, 0.29) is 5.41 Å². The van der Waals surface area contributed by atoms with Crippen LogP contribution in [0.5, 0.6) is 0 Å². The van der Waals surface area contributed by atoms with E-state index in [9.17, 15) is 0 Å². The van der Waals surface area contributed by atoms with Gasteiger partial charge in [-0.1, -0.05) is 45.0 Å². The van der Waals surface area contributed by atoms with E-state index < -0.39 is 0 Å². The molecule has 0 aliphatic rings. The van der Waals surface area contributed by atoms with Crippen LogP contribution in [0.2, 0.25) is 0 Å². The zero-order valence-electron chi connectivity index (χ0n) is 11.3. The molecule has 18 heavy (non-hydrogen) atoms. The first kappa shape index (κ1) is 12.6. The van der Waals surface area contributed by atoms with Gasteiger partial charge in [0, 0.05) is 24.5 Å². The van der Waals surface area contributed by atoms with Gasteiger partial charge in [-0.15, -0.1) is 0 Å². The van der Waals surface area contributed by atoms with Gasteiger partial charge in [0.05, 0.1) is 0 Å². The molecule has 0 aliphatic carbocycles. The van der Waals surface area contributed by atoms with Crippen molar-refractivity contribution in [3.8, 4) is 0 Å². The third-order valence-electron chi connectivity index (χ3n) is 3.16. The molecule has 94 valence electrons. The number of hydrogen-bond donors (Lipinski definition) is 1. The number of hydrogen-bond acceptors (Lipinski definition) is 2. The van der Waals surface area contributed by atoms with Crippen molar-refractivity contribution in [3.63, 3.8) is 0 Å². The Bertz CT molecular complexity index is 522. The van der Waals surface area contributed by atoms with Crippen LogP contribution in [0.15, 0.2) is 42.7 Å². The molecule has 0 spiro atoms. The molecule has 0 bridgehead atoms. The number of aromatic nitrogens is 1. The van der Waals surface area contributed by atoms with Crippen LogP contribution in [0.1, 0.15) is 37.5 Å². The Balaban J connectivity index is 2.19. The van der Waals surface area contributed by atoms with Crippen LogP contribution in [0.3, 0.4) is 0 Å². The Kier molecular flexibility index (Phi) is 3.37. The molecule has 2 N–H and O–H groups in total. The standard InChI is InChI=1S/C16H20N2/c1-16(2,3)14-6-4-12(5-7-14)10-13-11-18-9-8-15(13)17/h4-9,11H,10H2,1-3H3,(H2,17,18). The van der Waals surface area contributed by atoms with Gasteiger partial charge < -0.3 is 5.73 Å². The highest BCUT2D eigenvalue weighted by Crippen LogP contribution is 2.23. The summed E-state index contributed by atoms with van der Waals surface area (Å²) < 4.78 is 0. The fraction of sp³-hybridized carbons (Fsp3) is 0.312. The molecule has 1 aromatic carbocycles. The van der Waals surface area contributed by atoms with Gasteiger partial charge in [0.25, 0.3) is 0 Å². The maximum atomic E-state index is 5.93. The van der Waals surface area contributed by atoms with Gasteiger partial charge >= 0.3 is 0 Å². The maximum absolute atomic E-state index is 5.93. The molecule has 1 aromatic heterocycles. The third-order valence-corrected chi connectivity index (χ3v) is 3.16. The van der Waals surface area contributed by atoms with E-state index in [4.69, 9.17) is 5.73 Å². The average Bonchev–Trinajstić information content (AvgIpc) is 2.32. The second kappa shape index (κ2) is 4.81. The van der Waals surface area contributed by atoms with Crippen molar-refractivity contribution in [1.82, 2.24) is 4.98 Å². The van der Waals surface area contributed by atoms with Gasteiger partial charge in [0.1, 0.15) is 0 Å². The lowest BCUT2D eigenvalue weighted by atomic mass is 9.86. The van der Waals surface area contributed by atoms with E-state index in [1.54, 1.807) is 6.20 Å². The fourth-order valence-electron chi connectivity index (χ4n) is 1.93. The van der Waals surface area contributed by atoms with E-state index in [1.165, 1.54) is 11.1 Å². The zero-order chi connectivity index (χ0) is 13.2. The summed E-state index contributed by atoms with van der Waals surface area (Å²) in [5, 5.41) is 0. The minimum Gasteiger partial charge on any atom is -0.398 e. The predicted octanol–water partition coefficient (Wildman–Crippen LogP) is 3.55. The predicted molar refractivity (Wildman–Crippen MR) is 76.6 cm³/mol.